The van der Waals surface area contributed by atoms with Gasteiger partial charge in [-0.2, -0.15) is 0 Å². The number of carbonyl (C=O) groups is 1. The zero-order valence-corrected chi connectivity index (χ0v) is 11.1. The smallest absolute Gasteiger partial charge is 0.250 e. The number of primary amides is 1. The maximum Gasteiger partial charge on any atom is 0.250 e. The van der Waals surface area contributed by atoms with Crippen LogP contribution in [0.15, 0.2) is 18.2 Å². The quantitative estimate of drug-likeness (QED) is 0.785. The van der Waals surface area contributed by atoms with E-state index in [1.807, 2.05) is 6.07 Å². The molecule has 1 amide bonds. The second-order valence-corrected chi connectivity index (χ2v) is 5.10. The second kappa shape index (κ2) is 5.59. The predicted molar refractivity (Wildman–Crippen MR) is 74.1 cm³/mol. The van der Waals surface area contributed by atoms with Crippen LogP contribution in [0.1, 0.15) is 30.1 Å². The fourth-order valence-corrected chi connectivity index (χ4v) is 2.53. The van der Waals surface area contributed by atoms with E-state index in [0.29, 0.717) is 22.7 Å². The Labute approximate surface area is 112 Å². The summed E-state index contributed by atoms with van der Waals surface area (Å²) in [7, 11) is 0. The van der Waals surface area contributed by atoms with Crippen LogP contribution in [-0.2, 0) is 0 Å². The third-order valence-corrected chi connectivity index (χ3v) is 3.66. The normalized spacial score (nSPS) is 23.7. The van der Waals surface area contributed by atoms with E-state index in [1.54, 1.807) is 12.1 Å². The molecule has 0 radical (unpaired) electrons. The fraction of sp³-hybridized carbons (Fsp3) is 0.462. The molecule has 0 bridgehead atoms. The summed E-state index contributed by atoms with van der Waals surface area (Å²) in [5.74, 6) is -0.501. The van der Waals surface area contributed by atoms with Gasteiger partial charge >= 0.3 is 0 Å². The molecule has 2 atom stereocenters. The highest BCUT2D eigenvalue weighted by Gasteiger charge is 2.20. The summed E-state index contributed by atoms with van der Waals surface area (Å²) in [5, 5.41) is 7.26. The molecule has 98 valence electrons. The minimum Gasteiger partial charge on any atom is -0.381 e. The Morgan fingerprint density at radius 1 is 1.56 bits per heavy atom. The number of carbonyl (C=O) groups excluding carboxylic acids is 1. The third-order valence-electron chi connectivity index (χ3n) is 3.35. The molecule has 2 rings (SSSR count). The molecule has 0 spiro atoms. The zero-order valence-electron chi connectivity index (χ0n) is 10.4. The van der Waals surface area contributed by atoms with Crippen LogP contribution in [0.2, 0.25) is 5.02 Å². The molecule has 1 aromatic rings. The van der Waals surface area contributed by atoms with Gasteiger partial charge < -0.3 is 16.4 Å². The van der Waals surface area contributed by atoms with Gasteiger partial charge in [-0.1, -0.05) is 11.6 Å². The highest BCUT2D eigenvalue weighted by molar-refractivity contribution is 6.34. The van der Waals surface area contributed by atoms with E-state index >= 15 is 0 Å². The molecule has 18 heavy (non-hydrogen) atoms. The highest BCUT2D eigenvalue weighted by Crippen LogP contribution is 2.23. The molecular weight excluding hydrogens is 250 g/mol. The Morgan fingerprint density at radius 3 is 2.94 bits per heavy atom. The first-order valence-electron chi connectivity index (χ1n) is 6.17. The number of hydrogen-bond donors (Lipinski definition) is 3. The van der Waals surface area contributed by atoms with Gasteiger partial charge in [0.1, 0.15) is 0 Å². The lowest BCUT2D eigenvalue weighted by molar-refractivity contribution is 0.100. The van der Waals surface area contributed by atoms with Crippen LogP contribution < -0.4 is 16.4 Å². The van der Waals surface area contributed by atoms with Gasteiger partial charge in [0.25, 0.3) is 0 Å². The van der Waals surface area contributed by atoms with Gasteiger partial charge in [-0.05, 0) is 44.5 Å². The van der Waals surface area contributed by atoms with Crippen molar-refractivity contribution in [1.82, 2.24) is 5.32 Å². The SMILES string of the molecule is CC1NCCCC1Nc1ccc(C(N)=O)c(Cl)c1. The average Bonchev–Trinajstić information content (AvgIpc) is 2.32. The molecule has 0 aromatic heterocycles. The first-order chi connectivity index (χ1) is 8.58. The van der Waals surface area contributed by atoms with Crippen molar-refractivity contribution in [2.24, 2.45) is 5.73 Å². The van der Waals surface area contributed by atoms with Gasteiger partial charge in [-0.15, -0.1) is 0 Å². The number of nitrogens with one attached hydrogen (secondary N) is 2. The zero-order chi connectivity index (χ0) is 13.1. The summed E-state index contributed by atoms with van der Waals surface area (Å²) in [4.78, 5) is 11.1. The maximum absolute atomic E-state index is 11.1. The Kier molecular flexibility index (Phi) is 4.09. The topological polar surface area (TPSA) is 67.2 Å². The molecule has 0 saturated carbocycles. The van der Waals surface area contributed by atoms with Crippen LogP contribution in [0.25, 0.3) is 0 Å². The Balaban J connectivity index is 2.10. The lowest BCUT2D eigenvalue weighted by Crippen LogP contribution is -2.46. The number of anilines is 1. The van der Waals surface area contributed by atoms with Gasteiger partial charge in [-0.25, -0.2) is 0 Å². The molecule has 5 heteroatoms. The lowest BCUT2D eigenvalue weighted by Gasteiger charge is -2.31. The number of nitrogens with two attached hydrogens (primary N) is 1. The molecule has 4 N–H and O–H groups in total. The van der Waals surface area contributed by atoms with Gasteiger partial charge in [0, 0.05) is 17.8 Å². The van der Waals surface area contributed by atoms with Crippen molar-refractivity contribution < 1.29 is 4.79 Å². The largest absolute Gasteiger partial charge is 0.381 e. The number of piperidine rings is 1. The standard InChI is InChI=1S/C13H18ClN3O/c1-8-12(3-2-6-16-8)17-9-4-5-10(13(15)18)11(14)7-9/h4-5,7-8,12,16-17H,2-3,6H2,1H3,(H2,15,18). The third kappa shape index (κ3) is 2.94. The summed E-state index contributed by atoms with van der Waals surface area (Å²) in [6, 6.07) is 6.06. The molecule has 0 aliphatic carbocycles. The monoisotopic (exact) mass is 267 g/mol. The summed E-state index contributed by atoms with van der Waals surface area (Å²) in [5.41, 5.74) is 6.50. The number of halogens is 1. The van der Waals surface area contributed by atoms with Crippen LogP contribution in [-0.4, -0.2) is 24.5 Å². The first-order valence-corrected chi connectivity index (χ1v) is 6.55. The van der Waals surface area contributed by atoms with E-state index in [9.17, 15) is 4.79 Å². The van der Waals surface area contributed by atoms with Crippen LogP contribution in [0.4, 0.5) is 5.69 Å². The van der Waals surface area contributed by atoms with Gasteiger partial charge in [0.15, 0.2) is 0 Å². The molecular formula is C13H18ClN3O. The second-order valence-electron chi connectivity index (χ2n) is 4.69. The van der Waals surface area contributed by atoms with Crippen molar-refractivity contribution in [3.63, 3.8) is 0 Å². The minimum atomic E-state index is -0.501. The van der Waals surface area contributed by atoms with Gasteiger partial charge in [-0.3, -0.25) is 4.79 Å². The van der Waals surface area contributed by atoms with Crippen molar-refractivity contribution in [1.29, 1.82) is 0 Å². The summed E-state index contributed by atoms with van der Waals surface area (Å²) >= 11 is 6.02. The number of rotatable bonds is 3. The number of amides is 1. The van der Waals surface area contributed by atoms with Crippen molar-refractivity contribution in [3.8, 4) is 0 Å². The fourth-order valence-electron chi connectivity index (χ4n) is 2.26. The molecule has 1 aromatic carbocycles. The molecule has 1 fully saturated rings. The van der Waals surface area contributed by atoms with Crippen LogP contribution in [0, 0.1) is 0 Å². The van der Waals surface area contributed by atoms with Crippen molar-refractivity contribution in [2.45, 2.75) is 31.8 Å². The van der Waals surface area contributed by atoms with Gasteiger partial charge in [0.2, 0.25) is 5.91 Å². The van der Waals surface area contributed by atoms with E-state index in [1.165, 1.54) is 0 Å². The van der Waals surface area contributed by atoms with Crippen LogP contribution in [0.3, 0.4) is 0 Å². The molecule has 1 aliphatic rings. The molecule has 1 aliphatic heterocycles. The Morgan fingerprint density at radius 2 is 2.33 bits per heavy atom. The first kappa shape index (κ1) is 13.2. The van der Waals surface area contributed by atoms with Crippen molar-refractivity contribution in [3.05, 3.63) is 28.8 Å². The number of hydrogen-bond acceptors (Lipinski definition) is 3. The lowest BCUT2D eigenvalue weighted by atomic mass is 9.99. The highest BCUT2D eigenvalue weighted by atomic mass is 35.5. The van der Waals surface area contributed by atoms with Crippen molar-refractivity contribution >= 4 is 23.2 Å². The van der Waals surface area contributed by atoms with E-state index in [2.05, 4.69) is 17.6 Å². The van der Waals surface area contributed by atoms with E-state index in [-0.39, 0.29) is 0 Å². The minimum absolute atomic E-state index is 0.358. The van der Waals surface area contributed by atoms with E-state index < -0.39 is 5.91 Å². The van der Waals surface area contributed by atoms with E-state index in [4.69, 9.17) is 17.3 Å². The van der Waals surface area contributed by atoms with Crippen LogP contribution in [0.5, 0.6) is 0 Å². The molecule has 2 unspecified atom stereocenters. The summed E-state index contributed by atoms with van der Waals surface area (Å²) in [6.07, 6.45) is 2.29. The summed E-state index contributed by atoms with van der Waals surface area (Å²) in [6.45, 7) is 3.23. The van der Waals surface area contributed by atoms with E-state index in [0.717, 1.165) is 25.1 Å². The predicted octanol–water partition coefficient (Wildman–Crippen LogP) is 1.99. The van der Waals surface area contributed by atoms with Crippen LogP contribution >= 0.6 is 11.6 Å². The van der Waals surface area contributed by atoms with Crippen molar-refractivity contribution in [2.75, 3.05) is 11.9 Å². The average molecular weight is 268 g/mol. The Bertz CT molecular complexity index is 450. The molecule has 1 saturated heterocycles. The molecule has 4 nitrogen and oxygen atoms in total. The number of benzene rings is 1. The van der Waals surface area contributed by atoms with Gasteiger partial charge in [0.05, 0.1) is 10.6 Å². The molecule has 1 heterocycles. The summed E-state index contributed by atoms with van der Waals surface area (Å²) < 4.78 is 0. The Hall–Kier alpha value is -1.26. The maximum atomic E-state index is 11.1.